The van der Waals surface area contributed by atoms with E-state index in [9.17, 15) is 4.79 Å². The van der Waals surface area contributed by atoms with Crippen molar-refractivity contribution in [1.29, 1.82) is 0 Å². The second kappa shape index (κ2) is 11.5. The highest BCUT2D eigenvalue weighted by molar-refractivity contribution is 5.82. The largest absolute Gasteiger partial charge is 0.445 e. The minimum atomic E-state index is -0.367. The number of aryl methyl sites for hydroxylation is 1. The van der Waals surface area contributed by atoms with Crippen LogP contribution in [0.4, 0.5) is 4.79 Å². The Balaban J connectivity index is 1.30. The van der Waals surface area contributed by atoms with E-state index in [0.29, 0.717) is 6.61 Å². The maximum Gasteiger partial charge on any atom is 0.407 e. The molecule has 0 saturated heterocycles. The summed E-state index contributed by atoms with van der Waals surface area (Å²) in [4.78, 5) is 12.2. The van der Waals surface area contributed by atoms with Crippen molar-refractivity contribution in [2.75, 3.05) is 6.61 Å². The average molecular weight is 442 g/mol. The van der Waals surface area contributed by atoms with Crippen LogP contribution in [0.1, 0.15) is 41.5 Å². The number of amides is 1. The molecule has 1 N–H and O–H groups in total. The Kier molecular flexibility index (Phi) is 7.94. The third kappa shape index (κ3) is 7.06. The molecule has 1 fully saturated rings. The lowest BCUT2D eigenvalue weighted by Crippen LogP contribution is -2.33. The molecule has 0 aliphatic heterocycles. The summed E-state index contributed by atoms with van der Waals surface area (Å²) in [6.45, 7) is 2.91. The summed E-state index contributed by atoms with van der Waals surface area (Å²) in [6, 6.07) is 28.7. The number of benzene rings is 3. The van der Waals surface area contributed by atoms with Gasteiger partial charge in [-0.1, -0.05) is 90.5 Å². The van der Waals surface area contributed by atoms with Crippen LogP contribution in [0.15, 0.2) is 84.9 Å². The number of ether oxygens (including phenoxy) is 2. The lowest BCUT2D eigenvalue weighted by atomic mass is 10.0. The van der Waals surface area contributed by atoms with Crippen LogP contribution in [0.5, 0.6) is 0 Å². The molecule has 0 aromatic heterocycles. The zero-order valence-corrected chi connectivity index (χ0v) is 19.1. The zero-order valence-electron chi connectivity index (χ0n) is 19.1. The summed E-state index contributed by atoms with van der Waals surface area (Å²) >= 11 is 0. The van der Waals surface area contributed by atoms with Crippen molar-refractivity contribution in [1.82, 2.24) is 5.32 Å². The Morgan fingerprint density at radius 3 is 2.36 bits per heavy atom. The van der Waals surface area contributed by atoms with Gasteiger partial charge in [0, 0.05) is 6.04 Å². The number of carbonyl (C=O) groups is 1. The van der Waals surface area contributed by atoms with Gasteiger partial charge in [0.15, 0.2) is 0 Å². The molecular formula is C29H31NO3. The van der Waals surface area contributed by atoms with Crippen molar-refractivity contribution in [3.8, 4) is 0 Å². The fraction of sp³-hybridized carbons (Fsp3) is 0.276. The molecule has 2 atom stereocenters. The van der Waals surface area contributed by atoms with Crippen LogP contribution in [-0.2, 0) is 16.1 Å². The summed E-state index contributed by atoms with van der Waals surface area (Å²) in [5, 5.41) is 2.99. The van der Waals surface area contributed by atoms with Gasteiger partial charge in [-0.2, -0.15) is 0 Å². The van der Waals surface area contributed by atoms with Gasteiger partial charge in [0.05, 0.1) is 12.7 Å². The van der Waals surface area contributed by atoms with Crippen LogP contribution >= 0.6 is 0 Å². The molecule has 4 heteroatoms. The standard InChI is InChI=1S/C29H31NO3/c1-22-12-14-25(15-13-22)26(18-23-8-4-2-5-9-23)21-32-28-17-16-27(19-28)30-29(31)33-20-24-10-6-3-7-11-24/h2-15,18,27-28H,16-17,19-21H2,1H3,(H,30,31)/b26-18-. The molecule has 0 heterocycles. The molecule has 1 saturated carbocycles. The molecule has 3 aromatic rings. The Labute approximate surface area is 196 Å². The molecule has 1 aliphatic rings. The Bertz CT molecular complexity index is 1050. The minimum absolute atomic E-state index is 0.0826. The van der Waals surface area contributed by atoms with Gasteiger partial charge in [-0.15, -0.1) is 0 Å². The summed E-state index contributed by atoms with van der Waals surface area (Å²) in [6.07, 6.45) is 4.56. The molecule has 0 radical (unpaired) electrons. The van der Waals surface area contributed by atoms with Crippen molar-refractivity contribution in [2.45, 2.75) is 44.9 Å². The molecule has 3 aromatic carbocycles. The monoisotopic (exact) mass is 441 g/mol. The molecule has 0 spiro atoms. The van der Waals surface area contributed by atoms with Crippen molar-refractivity contribution in [3.63, 3.8) is 0 Å². The van der Waals surface area contributed by atoms with Gasteiger partial charge in [0.25, 0.3) is 0 Å². The highest BCUT2D eigenvalue weighted by Crippen LogP contribution is 2.26. The number of hydrogen-bond acceptors (Lipinski definition) is 3. The Hall–Kier alpha value is -3.37. The van der Waals surface area contributed by atoms with Crippen LogP contribution in [-0.4, -0.2) is 24.8 Å². The molecule has 0 bridgehead atoms. The molecule has 4 rings (SSSR count). The van der Waals surface area contributed by atoms with Crippen molar-refractivity contribution in [2.24, 2.45) is 0 Å². The smallest absolute Gasteiger partial charge is 0.407 e. The lowest BCUT2D eigenvalue weighted by molar-refractivity contribution is 0.0814. The molecule has 33 heavy (non-hydrogen) atoms. The lowest BCUT2D eigenvalue weighted by Gasteiger charge is -2.16. The second-order valence-electron chi connectivity index (χ2n) is 8.60. The van der Waals surface area contributed by atoms with Gasteiger partial charge in [0.2, 0.25) is 0 Å². The average Bonchev–Trinajstić information content (AvgIpc) is 3.29. The molecule has 4 nitrogen and oxygen atoms in total. The van der Waals surface area contributed by atoms with Crippen LogP contribution in [0.25, 0.3) is 11.6 Å². The maximum atomic E-state index is 12.2. The van der Waals surface area contributed by atoms with Crippen LogP contribution in [0.3, 0.4) is 0 Å². The second-order valence-corrected chi connectivity index (χ2v) is 8.60. The SMILES string of the molecule is Cc1ccc(/C(=C\c2ccccc2)COC2CCC(NC(=O)OCc3ccccc3)C2)cc1. The highest BCUT2D eigenvalue weighted by atomic mass is 16.5. The minimum Gasteiger partial charge on any atom is -0.445 e. The van der Waals surface area contributed by atoms with Gasteiger partial charge < -0.3 is 14.8 Å². The van der Waals surface area contributed by atoms with Crippen LogP contribution in [0.2, 0.25) is 0 Å². The summed E-state index contributed by atoms with van der Waals surface area (Å²) in [5.41, 5.74) is 5.70. The number of rotatable bonds is 8. The van der Waals surface area contributed by atoms with E-state index in [4.69, 9.17) is 9.47 Å². The van der Waals surface area contributed by atoms with E-state index in [1.54, 1.807) is 0 Å². The van der Waals surface area contributed by atoms with Crippen molar-refractivity contribution in [3.05, 3.63) is 107 Å². The molecule has 2 unspecified atom stereocenters. The third-order valence-corrected chi connectivity index (χ3v) is 5.96. The van der Waals surface area contributed by atoms with Gasteiger partial charge in [-0.3, -0.25) is 0 Å². The molecule has 1 amide bonds. The van der Waals surface area contributed by atoms with Gasteiger partial charge >= 0.3 is 6.09 Å². The van der Waals surface area contributed by atoms with Gasteiger partial charge in [-0.05, 0) is 54.5 Å². The van der Waals surface area contributed by atoms with E-state index in [0.717, 1.165) is 36.0 Å². The number of hydrogen-bond donors (Lipinski definition) is 1. The first-order valence-electron chi connectivity index (χ1n) is 11.6. The van der Waals surface area contributed by atoms with Crippen molar-refractivity contribution >= 4 is 17.7 Å². The van der Waals surface area contributed by atoms with E-state index >= 15 is 0 Å². The topological polar surface area (TPSA) is 47.6 Å². The van der Waals surface area contributed by atoms with E-state index < -0.39 is 0 Å². The molecule has 170 valence electrons. The number of nitrogens with one attached hydrogen (secondary N) is 1. The molecular weight excluding hydrogens is 410 g/mol. The normalized spacial score (nSPS) is 18.2. The maximum absolute atomic E-state index is 12.2. The Morgan fingerprint density at radius 1 is 0.939 bits per heavy atom. The summed E-state index contributed by atoms with van der Waals surface area (Å²) in [7, 11) is 0. The highest BCUT2D eigenvalue weighted by Gasteiger charge is 2.27. The Morgan fingerprint density at radius 2 is 1.64 bits per heavy atom. The number of carbonyl (C=O) groups excluding carboxylic acids is 1. The van der Waals surface area contributed by atoms with Crippen LogP contribution < -0.4 is 5.32 Å². The predicted octanol–water partition coefficient (Wildman–Crippen LogP) is 6.40. The quantitative estimate of drug-likeness (QED) is 0.412. The van der Waals surface area contributed by atoms with Gasteiger partial charge in [-0.25, -0.2) is 4.79 Å². The fourth-order valence-electron chi connectivity index (χ4n) is 4.09. The summed E-state index contributed by atoms with van der Waals surface area (Å²) < 4.78 is 11.7. The number of alkyl carbamates (subject to hydrolysis) is 1. The first-order valence-corrected chi connectivity index (χ1v) is 11.6. The van der Waals surface area contributed by atoms with E-state index in [1.807, 2.05) is 48.5 Å². The van der Waals surface area contributed by atoms with E-state index in [2.05, 4.69) is 54.7 Å². The first kappa shape index (κ1) is 22.8. The predicted molar refractivity (Wildman–Crippen MR) is 133 cm³/mol. The van der Waals surface area contributed by atoms with Crippen LogP contribution in [0, 0.1) is 6.92 Å². The molecule has 1 aliphatic carbocycles. The zero-order chi connectivity index (χ0) is 22.9. The van der Waals surface area contributed by atoms with E-state index in [1.165, 1.54) is 11.1 Å². The fourth-order valence-corrected chi connectivity index (χ4v) is 4.09. The third-order valence-electron chi connectivity index (χ3n) is 5.96. The summed E-state index contributed by atoms with van der Waals surface area (Å²) in [5.74, 6) is 0. The van der Waals surface area contributed by atoms with Gasteiger partial charge in [0.1, 0.15) is 6.61 Å². The first-order chi connectivity index (χ1) is 16.2. The van der Waals surface area contributed by atoms with E-state index in [-0.39, 0.29) is 24.8 Å². The van der Waals surface area contributed by atoms with Crippen molar-refractivity contribution < 1.29 is 14.3 Å².